The Hall–Kier alpha value is -2.95. The monoisotopic (exact) mass is 272 g/mol. The molecule has 0 unspecified atom stereocenters. The minimum Gasteiger partial charge on any atom is -0.508 e. The smallest absolute Gasteiger partial charge is 0.204 e. The lowest BCUT2D eigenvalue weighted by molar-refractivity contribution is 0.452. The Balaban J connectivity index is 2.31. The predicted octanol–water partition coefficient (Wildman–Crippen LogP) is 2.58. The van der Waals surface area contributed by atoms with E-state index in [1.54, 1.807) is 12.1 Å². The van der Waals surface area contributed by atoms with Crippen LogP contribution in [-0.2, 0) is 0 Å². The van der Waals surface area contributed by atoms with Gasteiger partial charge in [-0.3, -0.25) is 4.79 Å². The number of hydrogen-bond donors (Lipinski definition) is 3. The summed E-state index contributed by atoms with van der Waals surface area (Å²) in [6, 6.07) is 8.40. The molecule has 0 radical (unpaired) electrons. The highest BCUT2D eigenvalue weighted by atomic mass is 16.5. The zero-order valence-electron chi connectivity index (χ0n) is 10.2. The Bertz CT molecular complexity index is 847. The molecule has 3 N–H and O–H groups in total. The molecule has 0 aliphatic carbocycles. The molecule has 100 valence electrons. The summed E-state index contributed by atoms with van der Waals surface area (Å²) in [4.78, 5) is 12.4. The minimum absolute atomic E-state index is 0.00775. The maximum atomic E-state index is 12.4. The highest BCUT2D eigenvalue weighted by Crippen LogP contribution is 2.29. The summed E-state index contributed by atoms with van der Waals surface area (Å²) in [5.41, 5.74) is 0.522. The first-order valence-electron chi connectivity index (χ1n) is 5.83. The molecule has 0 amide bonds. The molecule has 5 heteroatoms. The average Bonchev–Trinajstić information content (AvgIpc) is 2.39. The number of aromatic hydroxyl groups is 3. The molecule has 0 bridgehead atoms. The molecule has 5 nitrogen and oxygen atoms in total. The Morgan fingerprint density at radius 2 is 1.65 bits per heavy atom. The summed E-state index contributed by atoms with van der Waals surface area (Å²) < 4.78 is 5.29. The molecule has 0 saturated heterocycles. The predicted molar refractivity (Wildman–Crippen MR) is 72.9 cm³/mol. The molecular weight excluding hydrogens is 262 g/mol. The van der Waals surface area contributed by atoms with Crippen molar-refractivity contribution >= 4 is 11.0 Å². The summed E-state index contributed by atoms with van der Waals surface area (Å²) in [6.45, 7) is 0. The number of phenolic OH excluding ortho intramolecular Hbond substituents is 3. The number of fused-ring (bicyclic) bond motifs is 1. The van der Waals surface area contributed by atoms with Crippen molar-refractivity contribution < 1.29 is 19.7 Å². The van der Waals surface area contributed by atoms with Crippen LogP contribution >= 0.6 is 0 Å². The van der Waals surface area contributed by atoms with Crippen LogP contribution in [0.15, 0.2) is 51.9 Å². The van der Waals surface area contributed by atoms with Crippen molar-refractivity contribution in [2.24, 2.45) is 0 Å². The van der Waals surface area contributed by atoms with Gasteiger partial charge in [-0.1, -0.05) is 12.1 Å². The zero-order chi connectivity index (χ0) is 14.3. The van der Waals surface area contributed by atoms with Crippen LogP contribution in [0.4, 0.5) is 0 Å². The SMILES string of the molecule is O=c1c(-c2ccc(O)cc2)[14cH]oc2cc(O)cc(O)c12. The van der Waals surface area contributed by atoms with E-state index in [0.717, 1.165) is 6.07 Å². The molecule has 3 rings (SSSR count). The van der Waals surface area contributed by atoms with Crippen LogP contribution in [0.2, 0.25) is 0 Å². The topological polar surface area (TPSA) is 90.9 Å². The summed E-state index contributed by atoms with van der Waals surface area (Å²) in [7, 11) is 0. The standard InChI is InChI=1S/C15H10O5/c16-9-3-1-8(2-4-9)11-7-20-13-6-10(17)5-12(18)14(13)15(11)19/h1-7,16-18H/i7+2. The third-order valence-electron chi connectivity index (χ3n) is 3.02. The number of benzene rings is 2. The van der Waals surface area contributed by atoms with E-state index in [0.29, 0.717) is 5.56 Å². The van der Waals surface area contributed by atoms with Crippen LogP contribution in [-0.4, -0.2) is 15.3 Å². The van der Waals surface area contributed by atoms with E-state index in [2.05, 4.69) is 0 Å². The number of rotatable bonds is 1. The molecular formula is C15H10O5. The van der Waals surface area contributed by atoms with Gasteiger partial charge in [0.1, 0.15) is 34.5 Å². The highest BCUT2D eigenvalue weighted by molar-refractivity contribution is 5.87. The lowest BCUT2D eigenvalue weighted by atomic mass is 10.1. The maximum absolute atomic E-state index is 12.4. The van der Waals surface area contributed by atoms with Crippen LogP contribution in [0, 0.1) is 0 Å². The van der Waals surface area contributed by atoms with E-state index < -0.39 is 5.43 Å². The second kappa shape index (κ2) is 4.31. The molecule has 0 fully saturated rings. The van der Waals surface area contributed by atoms with Crippen LogP contribution in [0.5, 0.6) is 17.2 Å². The van der Waals surface area contributed by atoms with Crippen molar-refractivity contribution in [3.8, 4) is 28.4 Å². The normalized spacial score (nSPS) is 10.8. The molecule has 2 aromatic carbocycles. The van der Waals surface area contributed by atoms with Gasteiger partial charge < -0.3 is 19.7 Å². The van der Waals surface area contributed by atoms with Crippen molar-refractivity contribution in [1.29, 1.82) is 0 Å². The molecule has 0 aliphatic rings. The Morgan fingerprint density at radius 1 is 0.950 bits per heavy atom. The second-order valence-electron chi connectivity index (χ2n) is 4.36. The zero-order valence-corrected chi connectivity index (χ0v) is 10.2. The first kappa shape index (κ1) is 12.1. The van der Waals surface area contributed by atoms with Gasteiger partial charge in [-0.15, -0.1) is 0 Å². The van der Waals surface area contributed by atoms with Crippen LogP contribution in [0.25, 0.3) is 22.1 Å². The first-order chi connectivity index (χ1) is 9.56. The molecule has 3 aromatic rings. The fraction of sp³-hybridized carbons (Fsp3) is 0. The molecule has 0 atom stereocenters. The van der Waals surface area contributed by atoms with Gasteiger partial charge in [0.15, 0.2) is 0 Å². The van der Waals surface area contributed by atoms with Gasteiger partial charge >= 0.3 is 0 Å². The summed E-state index contributed by atoms with van der Waals surface area (Å²) in [5, 5.41) is 28.4. The van der Waals surface area contributed by atoms with Crippen molar-refractivity contribution in [1.82, 2.24) is 0 Å². The van der Waals surface area contributed by atoms with Gasteiger partial charge in [0.05, 0.1) is 5.56 Å². The van der Waals surface area contributed by atoms with Gasteiger partial charge in [0.25, 0.3) is 0 Å². The molecule has 1 aromatic heterocycles. The summed E-state index contributed by atoms with van der Waals surface area (Å²) in [5.74, 6) is -0.434. The fourth-order valence-corrected chi connectivity index (χ4v) is 2.06. The maximum Gasteiger partial charge on any atom is 0.204 e. The summed E-state index contributed by atoms with van der Waals surface area (Å²) in [6.07, 6.45) is 1.26. The molecule has 20 heavy (non-hydrogen) atoms. The number of phenols is 3. The lowest BCUT2D eigenvalue weighted by Crippen LogP contribution is -2.04. The largest absolute Gasteiger partial charge is 0.508 e. The van der Waals surface area contributed by atoms with Gasteiger partial charge in [-0.05, 0) is 17.7 Å². The van der Waals surface area contributed by atoms with Crippen LogP contribution < -0.4 is 5.43 Å². The molecule has 0 spiro atoms. The van der Waals surface area contributed by atoms with Gasteiger partial charge in [0.2, 0.25) is 5.43 Å². The average molecular weight is 272 g/mol. The second-order valence-corrected chi connectivity index (χ2v) is 4.36. The van der Waals surface area contributed by atoms with E-state index in [4.69, 9.17) is 4.42 Å². The first-order valence-corrected chi connectivity index (χ1v) is 5.83. The van der Waals surface area contributed by atoms with Crippen molar-refractivity contribution in [3.05, 3.63) is 52.9 Å². The fourth-order valence-electron chi connectivity index (χ4n) is 2.06. The van der Waals surface area contributed by atoms with Crippen molar-refractivity contribution in [2.75, 3.05) is 0 Å². The Morgan fingerprint density at radius 3 is 2.35 bits per heavy atom. The third kappa shape index (κ3) is 1.85. The van der Waals surface area contributed by atoms with Crippen molar-refractivity contribution in [3.63, 3.8) is 0 Å². The Labute approximate surface area is 113 Å². The van der Waals surface area contributed by atoms with Crippen molar-refractivity contribution in [2.45, 2.75) is 0 Å². The third-order valence-corrected chi connectivity index (χ3v) is 3.02. The molecule has 0 aliphatic heterocycles. The Kier molecular flexibility index (Phi) is 2.61. The minimum atomic E-state index is -0.408. The van der Waals surface area contributed by atoms with Gasteiger partial charge in [-0.2, -0.15) is 0 Å². The van der Waals surface area contributed by atoms with Gasteiger partial charge in [0, 0.05) is 12.1 Å². The number of hydrogen-bond acceptors (Lipinski definition) is 5. The van der Waals surface area contributed by atoms with Crippen LogP contribution in [0.1, 0.15) is 0 Å². The lowest BCUT2D eigenvalue weighted by Gasteiger charge is -2.05. The highest BCUT2D eigenvalue weighted by Gasteiger charge is 2.13. The van der Waals surface area contributed by atoms with E-state index in [1.165, 1.54) is 24.5 Å². The summed E-state index contributed by atoms with van der Waals surface area (Å²) >= 11 is 0. The van der Waals surface area contributed by atoms with E-state index in [9.17, 15) is 20.1 Å². The quantitative estimate of drug-likeness (QED) is 0.633. The van der Waals surface area contributed by atoms with E-state index >= 15 is 0 Å². The van der Waals surface area contributed by atoms with E-state index in [1.807, 2.05) is 0 Å². The van der Waals surface area contributed by atoms with Gasteiger partial charge in [-0.25, -0.2) is 0 Å². The molecule has 1 heterocycles. The van der Waals surface area contributed by atoms with E-state index in [-0.39, 0.29) is 33.8 Å². The molecule has 0 saturated carbocycles. The van der Waals surface area contributed by atoms with Crippen LogP contribution in [0.3, 0.4) is 0 Å².